The molecule has 2 rings (SSSR count). The van der Waals surface area contributed by atoms with Crippen LogP contribution in [0.3, 0.4) is 0 Å². The second kappa shape index (κ2) is 7.02. The van der Waals surface area contributed by atoms with Crippen molar-refractivity contribution in [2.75, 3.05) is 11.9 Å². The maximum Gasteiger partial charge on any atom is 0.257 e. The zero-order valence-corrected chi connectivity index (χ0v) is 13.7. The van der Waals surface area contributed by atoms with Crippen LogP contribution in [0.25, 0.3) is 0 Å². The topological polar surface area (TPSA) is 75.4 Å². The molecule has 5 nitrogen and oxygen atoms in total. The lowest BCUT2D eigenvalue weighted by Gasteiger charge is -2.22. The molecule has 0 unspecified atom stereocenters. The van der Waals surface area contributed by atoms with Crippen molar-refractivity contribution in [2.24, 2.45) is 5.73 Å². The molecule has 0 aliphatic carbocycles. The molecule has 0 fully saturated rings. The predicted molar refractivity (Wildman–Crippen MR) is 94.6 cm³/mol. The summed E-state index contributed by atoms with van der Waals surface area (Å²) in [5.74, 6) is -0.862. The summed E-state index contributed by atoms with van der Waals surface area (Å²) < 4.78 is 0. The number of anilines is 1. The maximum atomic E-state index is 12.2. The van der Waals surface area contributed by atoms with E-state index in [2.05, 4.69) is 5.32 Å². The highest BCUT2D eigenvalue weighted by Gasteiger charge is 2.16. The molecular weight excluding hydrogens is 310 g/mol. The van der Waals surface area contributed by atoms with Gasteiger partial charge < -0.3 is 10.6 Å². The number of carbonyl (C=O) groups is 2. The summed E-state index contributed by atoms with van der Waals surface area (Å²) in [7, 11) is 1.67. The van der Waals surface area contributed by atoms with Crippen LogP contribution in [-0.4, -0.2) is 24.0 Å². The van der Waals surface area contributed by atoms with E-state index in [1.165, 1.54) is 0 Å². The van der Waals surface area contributed by atoms with Gasteiger partial charge in [0, 0.05) is 12.6 Å². The van der Waals surface area contributed by atoms with Crippen molar-refractivity contribution < 1.29 is 9.59 Å². The first-order chi connectivity index (χ1) is 10.9. The minimum Gasteiger partial charge on any atom is -0.366 e. The van der Waals surface area contributed by atoms with Crippen molar-refractivity contribution in [1.29, 1.82) is 0 Å². The van der Waals surface area contributed by atoms with Gasteiger partial charge in [0.15, 0.2) is 5.11 Å². The number of para-hydroxylation sites is 1. The molecule has 2 aromatic carbocycles. The lowest BCUT2D eigenvalue weighted by Crippen LogP contribution is -2.41. The van der Waals surface area contributed by atoms with E-state index in [-0.39, 0.29) is 11.0 Å². The van der Waals surface area contributed by atoms with Crippen molar-refractivity contribution in [3.05, 3.63) is 65.2 Å². The quantitative estimate of drug-likeness (QED) is 0.848. The van der Waals surface area contributed by atoms with Gasteiger partial charge in [-0.25, -0.2) is 0 Å². The Morgan fingerprint density at radius 1 is 1.09 bits per heavy atom. The number of nitrogens with one attached hydrogen (secondary N) is 1. The largest absolute Gasteiger partial charge is 0.366 e. The highest BCUT2D eigenvalue weighted by molar-refractivity contribution is 7.80. The molecule has 2 aromatic rings. The van der Waals surface area contributed by atoms with Crippen molar-refractivity contribution in [3.63, 3.8) is 0 Å². The molecular formula is C17H17N3O2S. The fourth-order valence-corrected chi connectivity index (χ4v) is 2.23. The fraction of sp³-hybridized carbons (Fsp3) is 0.118. The van der Waals surface area contributed by atoms with Crippen LogP contribution < -0.4 is 16.0 Å². The molecule has 23 heavy (non-hydrogen) atoms. The average Bonchev–Trinajstić information content (AvgIpc) is 2.54. The minimum absolute atomic E-state index is 0.185. The van der Waals surface area contributed by atoms with Gasteiger partial charge in [-0.05, 0) is 43.4 Å². The second-order valence-corrected chi connectivity index (χ2v) is 5.45. The SMILES string of the molecule is Cc1ccc(C(=O)NC(=S)N(C)c2ccccc2C(N)=O)cc1. The van der Waals surface area contributed by atoms with Crippen molar-refractivity contribution in [2.45, 2.75) is 6.92 Å². The number of thiocarbonyl (C=S) groups is 1. The molecule has 0 bridgehead atoms. The van der Waals surface area contributed by atoms with Crippen LogP contribution in [0.4, 0.5) is 5.69 Å². The Bertz CT molecular complexity index is 757. The standard InChI is InChI=1S/C17H17N3O2S/c1-11-7-9-12(10-8-11)16(22)19-17(23)20(2)14-6-4-3-5-13(14)15(18)21/h3-10H,1-2H3,(H2,18,21)(H,19,22,23). The molecule has 0 atom stereocenters. The van der Waals surface area contributed by atoms with Crippen molar-refractivity contribution in [1.82, 2.24) is 5.32 Å². The van der Waals surface area contributed by atoms with Crippen molar-refractivity contribution in [3.8, 4) is 0 Å². The van der Waals surface area contributed by atoms with Crippen molar-refractivity contribution >= 4 is 34.8 Å². The van der Waals surface area contributed by atoms with Gasteiger partial charge in [0.25, 0.3) is 11.8 Å². The molecule has 0 aromatic heterocycles. The van der Waals surface area contributed by atoms with Gasteiger partial charge in [0.1, 0.15) is 0 Å². The summed E-state index contributed by atoms with van der Waals surface area (Å²) in [5, 5.41) is 2.83. The Hall–Kier alpha value is -2.73. The monoisotopic (exact) mass is 327 g/mol. The van der Waals surface area contributed by atoms with E-state index in [1.807, 2.05) is 19.1 Å². The predicted octanol–water partition coefficient (Wildman–Crippen LogP) is 2.25. The molecule has 6 heteroatoms. The Balaban J connectivity index is 2.16. The van der Waals surface area contributed by atoms with E-state index in [4.69, 9.17) is 18.0 Å². The average molecular weight is 327 g/mol. The molecule has 3 N–H and O–H groups in total. The van der Waals surface area contributed by atoms with Gasteiger partial charge in [-0.2, -0.15) is 0 Å². The van der Waals surface area contributed by atoms with Gasteiger partial charge in [0.05, 0.1) is 11.3 Å². The Kier molecular flexibility index (Phi) is 5.08. The van der Waals surface area contributed by atoms with Crippen LogP contribution >= 0.6 is 12.2 Å². The number of hydrogen-bond donors (Lipinski definition) is 2. The first-order valence-electron chi connectivity index (χ1n) is 6.94. The molecule has 0 heterocycles. The van der Waals surface area contributed by atoms with Crippen LogP contribution in [0.15, 0.2) is 48.5 Å². The molecule has 118 valence electrons. The van der Waals surface area contributed by atoms with E-state index in [0.29, 0.717) is 16.8 Å². The number of aryl methyl sites for hydroxylation is 1. The molecule has 0 saturated heterocycles. The van der Waals surface area contributed by atoms with Crippen LogP contribution in [0.5, 0.6) is 0 Å². The molecule has 0 saturated carbocycles. The van der Waals surface area contributed by atoms with Crippen LogP contribution in [0.2, 0.25) is 0 Å². The zero-order chi connectivity index (χ0) is 17.0. The number of carbonyl (C=O) groups excluding carboxylic acids is 2. The summed E-state index contributed by atoms with van der Waals surface area (Å²) in [6.45, 7) is 1.95. The van der Waals surface area contributed by atoms with Gasteiger partial charge in [-0.1, -0.05) is 29.8 Å². The van der Waals surface area contributed by atoms with Crippen LogP contribution in [0, 0.1) is 6.92 Å². The summed E-state index contributed by atoms with van der Waals surface area (Å²) in [4.78, 5) is 25.2. The smallest absolute Gasteiger partial charge is 0.257 e. The number of nitrogens with zero attached hydrogens (tertiary/aromatic N) is 1. The number of amides is 2. The summed E-state index contributed by atoms with van der Waals surface area (Å²) >= 11 is 5.25. The van der Waals surface area contributed by atoms with E-state index in [1.54, 1.807) is 48.3 Å². The number of nitrogens with two attached hydrogens (primary N) is 1. The van der Waals surface area contributed by atoms with Gasteiger partial charge in [0.2, 0.25) is 0 Å². The zero-order valence-electron chi connectivity index (χ0n) is 12.9. The molecule has 2 amide bonds. The summed E-state index contributed by atoms with van der Waals surface area (Å²) in [6.07, 6.45) is 0. The van der Waals surface area contributed by atoms with Crippen LogP contribution in [0.1, 0.15) is 26.3 Å². The number of hydrogen-bond acceptors (Lipinski definition) is 3. The summed E-state index contributed by atoms with van der Waals surface area (Å²) in [6, 6.07) is 14.0. The third kappa shape index (κ3) is 3.92. The lowest BCUT2D eigenvalue weighted by molar-refractivity contribution is 0.0975. The van der Waals surface area contributed by atoms with E-state index in [0.717, 1.165) is 5.56 Å². The van der Waals surface area contributed by atoms with E-state index in [9.17, 15) is 9.59 Å². The first kappa shape index (κ1) is 16.6. The lowest BCUT2D eigenvalue weighted by atomic mass is 10.1. The number of rotatable bonds is 3. The van der Waals surface area contributed by atoms with Gasteiger partial charge in [-0.3, -0.25) is 14.9 Å². The molecule has 0 spiro atoms. The van der Waals surface area contributed by atoms with E-state index >= 15 is 0 Å². The number of benzene rings is 2. The number of primary amides is 1. The van der Waals surface area contributed by atoms with Gasteiger partial charge >= 0.3 is 0 Å². The molecule has 0 aliphatic heterocycles. The first-order valence-corrected chi connectivity index (χ1v) is 7.35. The maximum absolute atomic E-state index is 12.2. The van der Waals surface area contributed by atoms with Gasteiger partial charge in [-0.15, -0.1) is 0 Å². The molecule has 0 aliphatic rings. The minimum atomic E-state index is -0.555. The Morgan fingerprint density at radius 2 is 1.70 bits per heavy atom. The summed E-state index contributed by atoms with van der Waals surface area (Å²) in [5.41, 5.74) is 7.81. The van der Waals surface area contributed by atoms with Crippen LogP contribution in [-0.2, 0) is 0 Å². The van der Waals surface area contributed by atoms with E-state index < -0.39 is 5.91 Å². The Labute approximate surface area is 140 Å². The molecule has 0 radical (unpaired) electrons. The third-order valence-corrected chi connectivity index (χ3v) is 3.75. The highest BCUT2D eigenvalue weighted by atomic mass is 32.1. The third-order valence-electron chi connectivity index (χ3n) is 3.37. The second-order valence-electron chi connectivity index (χ2n) is 5.07. The normalized spacial score (nSPS) is 10.0. The fourth-order valence-electron chi connectivity index (χ4n) is 2.04. The highest BCUT2D eigenvalue weighted by Crippen LogP contribution is 2.18. The Morgan fingerprint density at radius 3 is 2.30 bits per heavy atom.